The molecule has 0 spiro atoms. The Morgan fingerprint density at radius 1 is 1.43 bits per heavy atom. The summed E-state index contributed by atoms with van der Waals surface area (Å²) in [6.07, 6.45) is 0.643. The number of hydrogen-bond donors (Lipinski definition) is 4. The molecule has 82 valence electrons. The summed E-state index contributed by atoms with van der Waals surface area (Å²) in [5.41, 5.74) is 5.55. The van der Waals surface area contributed by atoms with Gasteiger partial charge in [-0.05, 0) is 19.3 Å². The van der Waals surface area contributed by atoms with Gasteiger partial charge in [0.25, 0.3) is 0 Å². The molecule has 0 bridgehead atoms. The Hall–Kier alpha value is -0.165. The van der Waals surface area contributed by atoms with Crippen molar-refractivity contribution in [3.05, 3.63) is 0 Å². The summed E-state index contributed by atoms with van der Waals surface area (Å²) in [6.45, 7) is 5.77. The molecule has 6 heteroatoms. The van der Waals surface area contributed by atoms with Crippen LogP contribution in [-0.4, -0.2) is 34.1 Å². The van der Waals surface area contributed by atoms with Crippen molar-refractivity contribution in [2.45, 2.75) is 39.2 Å². The van der Waals surface area contributed by atoms with Crippen LogP contribution in [0.3, 0.4) is 0 Å². The minimum absolute atomic E-state index is 0.265. The summed E-state index contributed by atoms with van der Waals surface area (Å²) in [7, 11) is -1.41. The zero-order valence-electron chi connectivity index (χ0n) is 8.90. The highest BCUT2D eigenvalue weighted by atomic mass is 32.1. The third-order valence-corrected chi connectivity index (χ3v) is 2.32. The molecule has 0 aromatic carbocycles. The molecule has 14 heavy (non-hydrogen) atoms. The van der Waals surface area contributed by atoms with Gasteiger partial charge in [-0.3, -0.25) is 0 Å². The Morgan fingerprint density at radius 3 is 2.21 bits per heavy atom. The molecule has 0 aliphatic heterocycles. The second-order valence-electron chi connectivity index (χ2n) is 3.95. The molecule has 0 saturated heterocycles. The quantitative estimate of drug-likeness (QED) is 0.375. The molecule has 0 aromatic rings. The van der Waals surface area contributed by atoms with Crippen molar-refractivity contribution in [1.29, 1.82) is 0 Å². The Balaban J connectivity index is 4.16. The van der Waals surface area contributed by atoms with E-state index in [1.807, 2.05) is 13.8 Å². The third-order valence-electron chi connectivity index (χ3n) is 1.83. The largest absolute Gasteiger partial charge is 0.475 e. The third kappa shape index (κ3) is 5.54. The van der Waals surface area contributed by atoms with Crippen molar-refractivity contribution in [3.8, 4) is 0 Å². The van der Waals surface area contributed by atoms with E-state index in [4.69, 9.17) is 28.0 Å². The molecule has 5 N–H and O–H groups in total. The van der Waals surface area contributed by atoms with E-state index in [0.29, 0.717) is 17.3 Å². The van der Waals surface area contributed by atoms with Crippen molar-refractivity contribution in [2.24, 2.45) is 11.7 Å². The molecular weight excluding hydrogens is 199 g/mol. The van der Waals surface area contributed by atoms with Crippen LogP contribution in [0.15, 0.2) is 0 Å². The van der Waals surface area contributed by atoms with Crippen LogP contribution in [0.25, 0.3) is 0 Å². The van der Waals surface area contributed by atoms with Gasteiger partial charge in [-0.1, -0.05) is 26.1 Å². The van der Waals surface area contributed by atoms with Gasteiger partial charge in [-0.2, -0.15) is 0 Å². The van der Waals surface area contributed by atoms with E-state index in [9.17, 15) is 0 Å². The average Bonchev–Trinajstić information content (AvgIpc) is 2.01. The second-order valence-corrected chi connectivity index (χ2v) is 4.39. The first-order valence-electron chi connectivity index (χ1n) is 4.76. The van der Waals surface area contributed by atoms with Crippen molar-refractivity contribution in [2.75, 3.05) is 0 Å². The second kappa shape index (κ2) is 6.34. The molecule has 0 aromatic heterocycles. The maximum absolute atomic E-state index is 9.08. The zero-order valence-corrected chi connectivity index (χ0v) is 9.71. The number of nitrogens with one attached hydrogen (secondary N) is 1. The van der Waals surface area contributed by atoms with E-state index in [0.717, 1.165) is 0 Å². The first kappa shape index (κ1) is 13.8. The lowest BCUT2D eigenvalue weighted by molar-refractivity contribution is 0.362. The Morgan fingerprint density at radius 2 is 1.93 bits per heavy atom. The van der Waals surface area contributed by atoms with E-state index in [1.165, 1.54) is 0 Å². The maximum atomic E-state index is 9.08. The summed E-state index contributed by atoms with van der Waals surface area (Å²) in [5, 5.41) is 21.0. The van der Waals surface area contributed by atoms with Crippen molar-refractivity contribution < 1.29 is 10.0 Å². The van der Waals surface area contributed by atoms with Gasteiger partial charge in [0.2, 0.25) is 0 Å². The number of nitrogens with two attached hydrogens (primary N) is 1. The smallest absolute Gasteiger partial charge is 0.426 e. The first-order valence-corrected chi connectivity index (χ1v) is 5.17. The lowest BCUT2D eigenvalue weighted by Crippen LogP contribution is -2.50. The topological polar surface area (TPSA) is 78.5 Å². The fourth-order valence-corrected chi connectivity index (χ4v) is 1.23. The fourth-order valence-electron chi connectivity index (χ4n) is 1.08. The van der Waals surface area contributed by atoms with Crippen LogP contribution in [0.5, 0.6) is 0 Å². The summed E-state index contributed by atoms with van der Waals surface area (Å²) in [4.78, 5) is 0.462. The molecule has 0 saturated carbocycles. The van der Waals surface area contributed by atoms with Crippen molar-refractivity contribution in [3.63, 3.8) is 0 Å². The van der Waals surface area contributed by atoms with Gasteiger partial charge in [0.15, 0.2) is 0 Å². The van der Waals surface area contributed by atoms with Crippen LogP contribution in [0.4, 0.5) is 0 Å². The van der Waals surface area contributed by atoms with E-state index in [2.05, 4.69) is 5.32 Å². The van der Waals surface area contributed by atoms with Crippen LogP contribution in [0.1, 0.15) is 27.2 Å². The van der Waals surface area contributed by atoms with Crippen LogP contribution in [-0.2, 0) is 0 Å². The van der Waals surface area contributed by atoms with Gasteiger partial charge in [0.05, 0.1) is 17.0 Å². The van der Waals surface area contributed by atoms with E-state index in [1.54, 1.807) is 6.92 Å². The Bertz CT molecular complexity index is 188. The minimum atomic E-state index is -1.41. The highest BCUT2D eigenvalue weighted by Gasteiger charge is 2.25. The lowest BCUT2D eigenvalue weighted by atomic mass is 9.75. The SMILES string of the molecule is CC(C)C[C@H](NC(=S)[C@H](C)N)B(O)O. The van der Waals surface area contributed by atoms with E-state index < -0.39 is 13.1 Å². The molecule has 0 unspecified atom stereocenters. The summed E-state index contributed by atoms with van der Waals surface area (Å²) < 4.78 is 0. The molecule has 2 atom stereocenters. The molecule has 4 nitrogen and oxygen atoms in total. The molecule has 0 radical (unpaired) electrons. The van der Waals surface area contributed by atoms with Crippen LogP contribution in [0, 0.1) is 5.92 Å². The predicted molar refractivity (Wildman–Crippen MR) is 62.8 cm³/mol. The van der Waals surface area contributed by atoms with Crippen molar-refractivity contribution >= 4 is 24.3 Å². The molecule has 0 heterocycles. The molecular formula is C8H19BN2O2S. The zero-order chi connectivity index (χ0) is 11.3. The number of rotatable bonds is 5. The Labute approximate surface area is 91.0 Å². The van der Waals surface area contributed by atoms with Crippen LogP contribution >= 0.6 is 12.2 Å². The van der Waals surface area contributed by atoms with Gasteiger partial charge < -0.3 is 21.1 Å². The molecule has 0 amide bonds. The summed E-state index contributed by atoms with van der Waals surface area (Å²) in [6, 6.07) is -0.265. The number of hydrogen-bond acceptors (Lipinski definition) is 4. The molecule has 0 aliphatic carbocycles. The van der Waals surface area contributed by atoms with Gasteiger partial charge in [0, 0.05) is 0 Å². The average molecular weight is 218 g/mol. The Kier molecular flexibility index (Phi) is 6.27. The van der Waals surface area contributed by atoms with Crippen LogP contribution in [0.2, 0.25) is 0 Å². The first-order chi connectivity index (χ1) is 6.34. The van der Waals surface area contributed by atoms with Crippen LogP contribution < -0.4 is 11.1 Å². The normalized spacial score (nSPS) is 15.1. The molecule has 0 fully saturated rings. The van der Waals surface area contributed by atoms with Gasteiger partial charge >= 0.3 is 7.12 Å². The molecule has 0 aliphatic rings. The predicted octanol–water partition coefficient (Wildman–Crippen LogP) is -0.323. The number of thiocarbonyl (C=S) groups is 1. The standard InChI is InChI=1S/C8H19BN2O2S/c1-5(2)4-7(9(12)13)11-8(14)6(3)10/h5-7,12-13H,4,10H2,1-3H3,(H,11,14)/t6-,7-/m0/s1. The van der Waals surface area contributed by atoms with Gasteiger partial charge in [-0.15, -0.1) is 0 Å². The lowest BCUT2D eigenvalue weighted by Gasteiger charge is -2.22. The maximum Gasteiger partial charge on any atom is 0.475 e. The highest BCUT2D eigenvalue weighted by Crippen LogP contribution is 2.06. The summed E-state index contributed by atoms with van der Waals surface area (Å²) in [5.74, 6) is -0.0707. The van der Waals surface area contributed by atoms with Gasteiger partial charge in [0.1, 0.15) is 0 Å². The highest BCUT2D eigenvalue weighted by molar-refractivity contribution is 7.80. The fraction of sp³-hybridized carbons (Fsp3) is 0.875. The van der Waals surface area contributed by atoms with E-state index >= 15 is 0 Å². The van der Waals surface area contributed by atoms with Gasteiger partial charge in [-0.25, -0.2) is 0 Å². The van der Waals surface area contributed by atoms with E-state index in [-0.39, 0.29) is 6.04 Å². The summed E-state index contributed by atoms with van der Waals surface area (Å²) >= 11 is 4.97. The van der Waals surface area contributed by atoms with Crippen molar-refractivity contribution in [1.82, 2.24) is 5.32 Å². The molecule has 0 rings (SSSR count). The monoisotopic (exact) mass is 218 g/mol. The minimum Gasteiger partial charge on any atom is -0.426 e.